The normalized spacial score (nSPS) is 12.6. The highest BCUT2D eigenvalue weighted by molar-refractivity contribution is 7.26. The van der Waals surface area contributed by atoms with E-state index in [1.807, 2.05) is 11.3 Å². The van der Waals surface area contributed by atoms with Crippen molar-refractivity contribution in [1.82, 2.24) is 0 Å². The van der Waals surface area contributed by atoms with Gasteiger partial charge in [0.25, 0.3) is 0 Å². The Labute approximate surface area is 372 Å². The van der Waals surface area contributed by atoms with Gasteiger partial charge in [0.1, 0.15) is 0 Å². The van der Waals surface area contributed by atoms with Gasteiger partial charge in [-0.2, -0.15) is 0 Å². The average Bonchev–Trinajstić information content (AvgIpc) is 3.89. The van der Waals surface area contributed by atoms with Crippen molar-refractivity contribution in [3.8, 4) is 44.5 Å². The van der Waals surface area contributed by atoms with Crippen LogP contribution in [0.3, 0.4) is 0 Å². The summed E-state index contributed by atoms with van der Waals surface area (Å²) in [4.78, 5) is 2.42. The van der Waals surface area contributed by atoms with Crippen LogP contribution in [-0.2, 0) is 5.41 Å². The predicted octanol–water partition coefficient (Wildman–Crippen LogP) is 16.9. The first kappa shape index (κ1) is 37.0. The van der Waals surface area contributed by atoms with Crippen molar-refractivity contribution in [2.45, 2.75) is 5.41 Å². The first-order chi connectivity index (χ1) is 31.3. The summed E-state index contributed by atoms with van der Waals surface area (Å²) < 4.78 is 2.65. The minimum Gasteiger partial charge on any atom is -0.310 e. The fourth-order valence-corrected chi connectivity index (χ4v) is 11.4. The van der Waals surface area contributed by atoms with E-state index in [4.69, 9.17) is 0 Å². The van der Waals surface area contributed by atoms with Gasteiger partial charge in [-0.3, -0.25) is 0 Å². The fraction of sp³-hybridized carbons (Fsp3) is 0.0164. The van der Waals surface area contributed by atoms with Crippen LogP contribution in [0, 0.1) is 0 Å². The second-order valence-corrected chi connectivity index (χ2v) is 17.4. The molecule has 0 atom stereocenters. The van der Waals surface area contributed by atoms with Gasteiger partial charge >= 0.3 is 0 Å². The van der Waals surface area contributed by atoms with Gasteiger partial charge in [0.2, 0.25) is 0 Å². The molecule has 0 saturated heterocycles. The second kappa shape index (κ2) is 15.3. The lowest BCUT2D eigenvalue weighted by Crippen LogP contribution is -2.28. The van der Waals surface area contributed by atoms with Gasteiger partial charge in [-0.1, -0.05) is 206 Å². The van der Waals surface area contributed by atoms with Crippen LogP contribution >= 0.6 is 11.3 Å². The smallest absolute Gasteiger partial charge is 0.0714 e. The van der Waals surface area contributed by atoms with Gasteiger partial charge < -0.3 is 4.90 Å². The van der Waals surface area contributed by atoms with Crippen LogP contribution < -0.4 is 4.90 Å². The Morgan fingerprint density at radius 1 is 0.302 bits per heavy atom. The molecule has 11 aromatic rings. The van der Waals surface area contributed by atoms with Crippen molar-refractivity contribution >= 4 is 48.6 Å². The molecule has 1 nitrogen and oxygen atoms in total. The molecule has 0 fully saturated rings. The SMILES string of the molecule is c1ccc(-c2ccc(N(c3ccc(-c4ccccc4-c4cccc5c4sc4ccccc45)cc3)c3ccc4c(c3)C(c3ccccc3)(c3ccccc3)c3ccccc3-4)cc2)cc1. The zero-order valence-electron chi connectivity index (χ0n) is 34.5. The molecule has 2 heteroatoms. The van der Waals surface area contributed by atoms with Crippen LogP contribution in [0.1, 0.15) is 22.3 Å². The van der Waals surface area contributed by atoms with E-state index in [9.17, 15) is 0 Å². The van der Waals surface area contributed by atoms with E-state index in [1.54, 1.807) is 0 Å². The number of benzene rings is 10. The van der Waals surface area contributed by atoms with Crippen LogP contribution in [0.2, 0.25) is 0 Å². The molecule has 0 amide bonds. The van der Waals surface area contributed by atoms with E-state index < -0.39 is 5.41 Å². The summed E-state index contributed by atoms with van der Waals surface area (Å²) in [5.41, 5.74) is 17.8. The molecule has 0 saturated carbocycles. The highest BCUT2D eigenvalue weighted by Gasteiger charge is 2.46. The Kier molecular flexibility index (Phi) is 8.98. The highest BCUT2D eigenvalue weighted by atomic mass is 32.1. The van der Waals surface area contributed by atoms with Crippen LogP contribution in [0.15, 0.2) is 249 Å². The summed E-state index contributed by atoms with van der Waals surface area (Å²) in [6.07, 6.45) is 0. The maximum Gasteiger partial charge on any atom is 0.0714 e. The van der Waals surface area contributed by atoms with Crippen molar-refractivity contribution < 1.29 is 0 Å². The van der Waals surface area contributed by atoms with Crippen LogP contribution in [0.4, 0.5) is 17.1 Å². The van der Waals surface area contributed by atoms with Gasteiger partial charge in [0.05, 0.1) is 5.41 Å². The summed E-state index contributed by atoms with van der Waals surface area (Å²) >= 11 is 1.88. The fourth-order valence-electron chi connectivity index (χ4n) is 10.2. The molecule has 12 rings (SSSR count). The van der Waals surface area contributed by atoms with Crippen molar-refractivity contribution in [3.05, 3.63) is 271 Å². The molecular formula is C61H41NS. The topological polar surface area (TPSA) is 3.24 Å². The maximum atomic E-state index is 2.45. The van der Waals surface area contributed by atoms with E-state index in [2.05, 4.69) is 254 Å². The van der Waals surface area contributed by atoms with Gasteiger partial charge in [-0.05, 0) is 104 Å². The number of anilines is 3. The molecular weight excluding hydrogens is 779 g/mol. The zero-order chi connectivity index (χ0) is 41.7. The van der Waals surface area contributed by atoms with Crippen LogP contribution in [0.25, 0.3) is 64.7 Å². The highest BCUT2D eigenvalue weighted by Crippen LogP contribution is 2.57. The summed E-state index contributed by atoms with van der Waals surface area (Å²) in [5, 5.41) is 2.63. The van der Waals surface area contributed by atoms with Gasteiger partial charge in [0.15, 0.2) is 0 Å². The lowest BCUT2D eigenvalue weighted by Gasteiger charge is -2.35. The molecule has 0 N–H and O–H groups in total. The van der Waals surface area contributed by atoms with Crippen molar-refractivity contribution in [2.75, 3.05) is 4.90 Å². The number of fused-ring (bicyclic) bond motifs is 6. The Balaban J connectivity index is 1.02. The Morgan fingerprint density at radius 2 is 0.794 bits per heavy atom. The average molecular weight is 820 g/mol. The molecule has 1 heterocycles. The third-order valence-electron chi connectivity index (χ3n) is 13.0. The summed E-state index contributed by atoms with van der Waals surface area (Å²) in [6, 6.07) is 91.4. The molecule has 0 radical (unpaired) electrons. The minimum absolute atomic E-state index is 0.502. The van der Waals surface area contributed by atoms with E-state index in [-0.39, 0.29) is 0 Å². The molecule has 1 aliphatic carbocycles. The summed E-state index contributed by atoms with van der Waals surface area (Å²) in [6.45, 7) is 0. The zero-order valence-corrected chi connectivity index (χ0v) is 35.3. The predicted molar refractivity (Wildman–Crippen MR) is 268 cm³/mol. The molecule has 1 aromatic heterocycles. The lowest BCUT2D eigenvalue weighted by molar-refractivity contribution is 0.768. The standard InChI is InChI=1S/C61H41NS/c1-4-17-42(18-5-1)43-31-35-47(36-32-43)62(48-37-33-44(34-38-48)50-23-10-11-24-51(50)55-27-16-28-56-54-26-13-15-30-59(54)63-60(55)56)49-39-40-53-52-25-12-14-29-57(52)61(58(53)41-49,45-19-6-2-7-20-45)46-21-8-3-9-22-46/h1-41H. The number of thiophene rings is 1. The lowest BCUT2D eigenvalue weighted by atomic mass is 9.67. The summed E-state index contributed by atoms with van der Waals surface area (Å²) in [7, 11) is 0. The van der Waals surface area contributed by atoms with E-state index in [1.165, 1.54) is 86.9 Å². The van der Waals surface area contributed by atoms with Gasteiger partial charge in [0, 0.05) is 42.8 Å². The van der Waals surface area contributed by atoms with Crippen LogP contribution in [0.5, 0.6) is 0 Å². The number of hydrogen-bond acceptors (Lipinski definition) is 2. The molecule has 63 heavy (non-hydrogen) atoms. The molecule has 0 bridgehead atoms. The largest absolute Gasteiger partial charge is 0.310 e. The molecule has 0 aliphatic heterocycles. The second-order valence-electron chi connectivity index (χ2n) is 16.4. The third kappa shape index (κ3) is 6.06. The van der Waals surface area contributed by atoms with E-state index in [0.717, 1.165) is 17.1 Å². The number of nitrogens with zero attached hydrogens (tertiary/aromatic N) is 1. The first-order valence-electron chi connectivity index (χ1n) is 21.7. The van der Waals surface area contributed by atoms with Crippen molar-refractivity contribution in [2.24, 2.45) is 0 Å². The van der Waals surface area contributed by atoms with Crippen LogP contribution in [-0.4, -0.2) is 0 Å². The number of rotatable bonds is 8. The van der Waals surface area contributed by atoms with Crippen molar-refractivity contribution in [3.63, 3.8) is 0 Å². The number of hydrogen-bond donors (Lipinski definition) is 0. The van der Waals surface area contributed by atoms with Crippen molar-refractivity contribution in [1.29, 1.82) is 0 Å². The molecule has 296 valence electrons. The molecule has 0 spiro atoms. The monoisotopic (exact) mass is 819 g/mol. The quantitative estimate of drug-likeness (QED) is 0.148. The Bertz CT molecular complexity index is 3380. The molecule has 0 unspecified atom stereocenters. The van der Waals surface area contributed by atoms with E-state index in [0.29, 0.717) is 0 Å². The Hall–Kier alpha value is -7.78. The third-order valence-corrected chi connectivity index (χ3v) is 14.2. The maximum absolute atomic E-state index is 2.45. The molecule has 10 aromatic carbocycles. The Morgan fingerprint density at radius 3 is 1.49 bits per heavy atom. The summed E-state index contributed by atoms with van der Waals surface area (Å²) in [5.74, 6) is 0. The van der Waals surface area contributed by atoms with Gasteiger partial charge in [-0.25, -0.2) is 0 Å². The first-order valence-corrected chi connectivity index (χ1v) is 22.5. The van der Waals surface area contributed by atoms with E-state index >= 15 is 0 Å². The van der Waals surface area contributed by atoms with Gasteiger partial charge in [-0.15, -0.1) is 11.3 Å². The molecule has 1 aliphatic rings. The minimum atomic E-state index is -0.502.